The van der Waals surface area contributed by atoms with Crippen LogP contribution in [0.4, 0.5) is 4.79 Å². The van der Waals surface area contributed by atoms with Gasteiger partial charge in [-0.05, 0) is 20.8 Å². The SMILES string of the molecule is C#CC(CS(C)(=O)=O)NC(=O)OC(C)(C)C. The van der Waals surface area contributed by atoms with Crippen LogP contribution in [-0.4, -0.2) is 38.2 Å². The zero-order chi connectivity index (χ0) is 13.0. The van der Waals surface area contributed by atoms with E-state index in [4.69, 9.17) is 11.2 Å². The third kappa shape index (κ3) is 8.12. The molecule has 92 valence electrons. The minimum Gasteiger partial charge on any atom is -0.444 e. The first-order valence-corrected chi connectivity index (χ1v) is 6.73. The second-order valence-electron chi connectivity index (χ2n) is 4.46. The number of alkyl carbamates (subject to hydrolysis) is 1. The maximum Gasteiger partial charge on any atom is 0.408 e. The summed E-state index contributed by atoms with van der Waals surface area (Å²) in [6.07, 6.45) is 5.43. The molecule has 1 N–H and O–H groups in total. The monoisotopic (exact) mass is 247 g/mol. The summed E-state index contributed by atoms with van der Waals surface area (Å²) in [4.78, 5) is 11.3. The molecular weight excluding hydrogens is 230 g/mol. The third-order valence-corrected chi connectivity index (χ3v) is 2.30. The first-order chi connectivity index (χ1) is 7.03. The van der Waals surface area contributed by atoms with E-state index in [1.54, 1.807) is 20.8 Å². The minimum atomic E-state index is -3.24. The number of rotatable bonds is 3. The number of hydrogen-bond donors (Lipinski definition) is 1. The summed E-state index contributed by atoms with van der Waals surface area (Å²) in [7, 11) is -3.24. The quantitative estimate of drug-likeness (QED) is 0.739. The summed E-state index contributed by atoms with van der Waals surface area (Å²) in [6.45, 7) is 5.11. The van der Waals surface area contributed by atoms with Crippen LogP contribution in [0.1, 0.15) is 20.8 Å². The Labute approximate surface area is 96.5 Å². The highest BCUT2D eigenvalue weighted by atomic mass is 32.2. The Morgan fingerprint density at radius 3 is 2.31 bits per heavy atom. The topological polar surface area (TPSA) is 72.5 Å². The fraction of sp³-hybridized carbons (Fsp3) is 0.700. The van der Waals surface area contributed by atoms with Crippen molar-refractivity contribution in [2.45, 2.75) is 32.4 Å². The molecule has 0 aliphatic rings. The lowest BCUT2D eigenvalue weighted by Gasteiger charge is -2.21. The lowest BCUT2D eigenvalue weighted by atomic mass is 10.2. The maximum absolute atomic E-state index is 11.3. The number of terminal acetylenes is 1. The zero-order valence-electron chi connectivity index (χ0n) is 9.90. The summed E-state index contributed by atoms with van der Waals surface area (Å²) >= 11 is 0. The number of ether oxygens (including phenoxy) is 1. The molecule has 1 amide bonds. The van der Waals surface area contributed by atoms with Crippen molar-refractivity contribution in [1.29, 1.82) is 0 Å². The number of sulfone groups is 1. The van der Waals surface area contributed by atoms with Crippen LogP contribution in [0.15, 0.2) is 0 Å². The summed E-state index contributed by atoms with van der Waals surface area (Å²) in [6, 6.07) is -0.871. The van der Waals surface area contributed by atoms with Crippen LogP contribution in [0.5, 0.6) is 0 Å². The summed E-state index contributed by atoms with van der Waals surface area (Å²) in [5, 5.41) is 2.30. The molecule has 0 spiro atoms. The molecule has 0 saturated heterocycles. The molecule has 0 aliphatic carbocycles. The van der Waals surface area contributed by atoms with Gasteiger partial charge in [0.2, 0.25) is 0 Å². The Bertz CT molecular complexity index is 386. The number of amides is 1. The summed E-state index contributed by atoms with van der Waals surface area (Å²) in [5.41, 5.74) is -0.645. The van der Waals surface area contributed by atoms with E-state index in [9.17, 15) is 13.2 Å². The molecular formula is C10H17NO4S. The van der Waals surface area contributed by atoms with Gasteiger partial charge >= 0.3 is 6.09 Å². The molecule has 0 saturated carbocycles. The van der Waals surface area contributed by atoms with Crippen molar-refractivity contribution in [1.82, 2.24) is 5.32 Å². The van der Waals surface area contributed by atoms with Crippen LogP contribution in [0, 0.1) is 12.3 Å². The van der Waals surface area contributed by atoms with Crippen molar-refractivity contribution in [3.05, 3.63) is 0 Å². The molecule has 0 aromatic carbocycles. The zero-order valence-corrected chi connectivity index (χ0v) is 10.7. The van der Waals surface area contributed by atoms with Gasteiger partial charge < -0.3 is 10.1 Å². The molecule has 0 aromatic heterocycles. The minimum absolute atomic E-state index is 0.303. The normalized spacial score (nSPS) is 13.7. The van der Waals surface area contributed by atoms with E-state index in [0.717, 1.165) is 6.26 Å². The molecule has 0 aromatic rings. The Kier molecular flexibility index (Phi) is 4.81. The standard InChI is InChI=1S/C10H17NO4S/c1-6-8(7-16(5,13)14)11-9(12)15-10(2,3)4/h1,8H,7H2,2-5H3,(H,11,12). The lowest BCUT2D eigenvalue weighted by Crippen LogP contribution is -2.41. The van der Waals surface area contributed by atoms with Crippen LogP contribution in [0.3, 0.4) is 0 Å². The molecule has 0 heterocycles. The highest BCUT2D eigenvalue weighted by Crippen LogP contribution is 2.06. The average molecular weight is 247 g/mol. The Morgan fingerprint density at radius 2 is 2.00 bits per heavy atom. The van der Waals surface area contributed by atoms with Gasteiger partial charge in [-0.25, -0.2) is 13.2 Å². The second kappa shape index (κ2) is 5.21. The first-order valence-electron chi connectivity index (χ1n) is 4.67. The van der Waals surface area contributed by atoms with E-state index < -0.39 is 27.6 Å². The molecule has 1 unspecified atom stereocenters. The number of carbonyl (C=O) groups excluding carboxylic acids is 1. The first kappa shape index (κ1) is 14.8. The average Bonchev–Trinajstić information content (AvgIpc) is 1.96. The van der Waals surface area contributed by atoms with E-state index in [1.807, 2.05) is 0 Å². The smallest absolute Gasteiger partial charge is 0.408 e. The van der Waals surface area contributed by atoms with Gasteiger partial charge in [0.1, 0.15) is 21.5 Å². The van der Waals surface area contributed by atoms with Crippen LogP contribution in [0.25, 0.3) is 0 Å². The van der Waals surface area contributed by atoms with Gasteiger partial charge in [-0.15, -0.1) is 6.42 Å². The van der Waals surface area contributed by atoms with Crippen LogP contribution in [-0.2, 0) is 14.6 Å². The molecule has 16 heavy (non-hydrogen) atoms. The van der Waals surface area contributed by atoms with E-state index in [1.165, 1.54) is 0 Å². The fourth-order valence-electron chi connectivity index (χ4n) is 0.884. The largest absolute Gasteiger partial charge is 0.444 e. The molecule has 6 heteroatoms. The molecule has 0 aliphatic heterocycles. The van der Waals surface area contributed by atoms with Gasteiger partial charge in [0.05, 0.1) is 5.75 Å². The maximum atomic E-state index is 11.3. The van der Waals surface area contributed by atoms with Gasteiger partial charge in [-0.1, -0.05) is 5.92 Å². The van der Waals surface area contributed by atoms with E-state index in [2.05, 4.69) is 11.2 Å². The summed E-state index contributed by atoms with van der Waals surface area (Å²) < 4.78 is 26.9. The molecule has 0 radical (unpaired) electrons. The van der Waals surface area contributed by atoms with Crippen molar-refractivity contribution in [2.75, 3.05) is 12.0 Å². The summed E-state index contributed by atoms with van der Waals surface area (Å²) in [5.74, 6) is 1.88. The van der Waals surface area contributed by atoms with Gasteiger partial charge in [0.25, 0.3) is 0 Å². The van der Waals surface area contributed by atoms with Crippen molar-refractivity contribution in [2.24, 2.45) is 0 Å². The van der Waals surface area contributed by atoms with Gasteiger partial charge in [0.15, 0.2) is 0 Å². The van der Waals surface area contributed by atoms with Crippen LogP contribution >= 0.6 is 0 Å². The number of hydrogen-bond acceptors (Lipinski definition) is 4. The molecule has 5 nitrogen and oxygen atoms in total. The van der Waals surface area contributed by atoms with Crippen molar-refractivity contribution < 1.29 is 17.9 Å². The fourth-order valence-corrected chi connectivity index (χ4v) is 1.67. The predicted octanol–water partition coefficient (Wildman–Crippen LogP) is 0.557. The highest BCUT2D eigenvalue weighted by molar-refractivity contribution is 7.90. The molecule has 1 atom stereocenters. The van der Waals surface area contributed by atoms with Crippen molar-refractivity contribution in [3.8, 4) is 12.3 Å². The second-order valence-corrected chi connectivity index (χ2v) is 6.64. The van der Waals surface area contributed by atoms with Crippen LogP contribution in [0.2, 0.25) is 0 Å². The van der Waals surface area contributed by atoms with E-state index in [0.29, 0.717) is 0 Å². The third-order valence-electron chi connectivity index (χ3n) is 1.36. The van der Waals surface area contributed by atoms with Gasteiger partial charge in [-0.3, -0.25) is 0 Å². The Balaban J connectivity index is 4.37. The molecule has 0 bridgehead atoms. The predicted molar refractivity (Wildman–Crippen MR) is 61.7 cm³/mol. The van der Waals surface area contributed by atoms with E-state index >= 15 is 0 Å². The molecule has 0 rings (SSSR count). The van der Waals surface area contributed by atoms with Crippen LogP contribution < -0.4 is 5.32 Å². The highest BCUT2D eigenvalue weighted by Gasteiger charge is 2.20. The number of carbonyl (C=O) groups is 1. The number of nitrogens with one attached hydrogen (secondary N) is 1. The Morgan fingerprint density at radius 1 is 1.50 bits per heavy atom. The Hall–Kier alpha value is -1.22. The van der Waals surface area contributed by atoms with Crippen molar-refractivity contribution >= 4 is 15.9 Å². The lowest BCUT2D eigenvalue weighted by molar-refractivity contribution is 0.0520. The van der Waals surface area contributed by atoms with Gasteiger partial charge in [-0.2, -0.15) is 0 Å². The van der Waals surface area contributed by atoms with Gasteiger partial charge in [0, 0.05) is 6.26 Å². The van der Waals surface area contributed by atoms with E-state index in [-0.39, 0.29) is 5.75 Å². The van der Waals surface area contributed by atoms with Crippen molar-refractivity contribution in [3.63, 3.8) is 0 Å². The molecule has 0 fully saturated rings.